The van der Waals surface area contributed by atoms with Gasteiger partial charge >= 0.3 is 6.09 Å². The minimum atomic E-state index is -0.884. The van der Waals surface area contributed by atoms with E-state index in [0.717, 1.165) is 11.1 Å². The summed E-state index contributed by atoms with van der Waals surface area (Å²) in [4.78, 5) is 12.7. The summed E-state index contributed by atoms with van der Waals surface area (Å²) < 4.78 is 5.42. The first-order valence-electron chi connectivity index (χ1n) is 11.3. The highest BCUT2D eigenvalue weighted by Gasteiger charge is 2.58. The van der Waals surface area contributed by atoms with Gasteiger partial charge in [0.15, 0.2) is 0 Å². The zero-order valence-electron chi connectivity index (χ0n) is 18.7. The van der Waals surface area contributed by atoms with Crippen LogP contribution < -0.4 is 10.6 Å². The molecule has 1 aliphatic carbocycles. The molecule has 2 fully saturated rings. The first-order valence-corrected chi connectivity index (χ1v) is 12.4. The second-order valence-corrected chi connectivity index (χ2v) is 10.7. The Hall–Kier alpha value is -1.50. The first-order chi connectivity index (χ1) is 15.7. The van der Waals surface area contributed by atoms with Crippen LogP contribution in [-0.4, -0.2) is 36.1 Å². The summed E-state index contributed by atoms with van der Waals surface area (Å²) in [7, 11) is 0. The molecule has 0 spiro atoms. The fourth-order valence-electron chi connectivity index (χ4n) is 5.42. The SMILES string of the molecule is CC(C)COC(=O)N[C@@]12CC[C@@H](c3ccc(Cl)cc3Cl)[C@H](c3ccc(Cl)cc3)[C@@H]1CNC2O. The third kappa shape index (κ3) is 4.98. The van der Waals surface area contributed by atoms with E-state index < -0.39 is 17.9 Å². The van der Waals surface area contributed by atoms with Crippen molar-refractivity contribution in [2.75, 3.05) is 13.2 Å². The molecule has 1 amide bonds. The molecule has 0 aromatic heterocycles. The molecular formula is C25H29Cl3N2O3. The van der Waals surface area contributed by atoms with Gasteiger partial charge < -0.3 is 15.2 Å². The molecule has 8 heteroatoms. The molecule has 5 nitrogen and oxygen atoms in total. The number of alkyl carbamates (subject to hydrolysis) is 1. The summed E-state index contributed by atoms with van der Waals surface area (Å²) in [6.07, 6.45) is -0.0928. The third-order valence-electron chi connectivity index (χ3n) is 6.92. The van der Waals surface area contributed by atoms with E-state index >= 15 is 0 Å². The topological polar surface area (TPSA) is 70.6 Å². The minimum Gasteiger partial charge on any atom is -0.449 e. The van der Waals surface area contributed by atoms with Crippen LogP contribution in [0.4, 0.5) is 4.79 Å². The van der Waals surface area contributed by atoms with Crippen molar-refractivity contribution in [1.82, 2.24) is 10.6 Å². The minimum absolute atomic E-state index is 0.0234. The van der Waals surface area contributed by atoms with Crippen LogP contribution in [-0.2, 0) is 4.74 Å². The molecule has 1 heterocycles. The molecule has 1 saturated carbocycles. The van der Waals surface area contributed by atoms with Crippen LogP contribution in [0.15, 0.2) is 42.5 Å². The van der Waals surface area contributed by atoms with Crippen molar-refractivity contribution in [3.05, 3.63) is 68.7 Å². The Bertz CT molecular complexity index is 1000. The average molecular weight is 512 g/mol. The summed E-state index contributed by atoms with van der Waals surface area (Å²) in [6.45, 7) is 4.83. The van der Waals surface area contributed by atoms with Gasteiger partial charge in [-0.1, -0.05) is 66.8 Å². The standard InChI is InChI=1S/C25H29Cl3N2O3/c1-14(2)13-33-24(32)30-25-10-9-19(18-8-7-17(27)11-21(18)28)22(20(25)12-29-23(25)31)15-3-5-16(26)6-4-15/h3-8,11,14,19-20,22-23,29,31H,9-10,12-13H2,1-2H3,(H,30,32)/t19-,20-,22-,23?,25-/m0/s1. The van der Waals surface area contributed by atoms with Gasteiger partial charge in [0.2, 0.25) is 0 Å². The number of nitrogens with one attached hydrogen (secondary N) is 2. The lowest BCUT2D eigenvalue weighted by molar-refractivity contribution is 0.0134. The summed E-state index contributed by atoms with van der Waals surface area (Å²) in [5.74, 6) is 0.186. The van der Waals surface area contributed by atoms with Gasteiger partial charge in [-0.2, -0.15) is 0 Å². The van der Waals surface area contributed by atoms with E-state index in [2.05, 4.69) is 10.6 Å². The Labute approximate surface area is 209 Å². The molecule has 2 aromatic carbocycles. The smallest absolute Gasteiger partial charge is 0.407 e. The number of aliphatic hydroxyl groups excluding tert-OH is 1. The van der Waals surface area contributed by atoms with Gasteiger partial charge in [0.1, 0.15) is 6.23 Å². The van der Waals surface area contributed by atoms with Crippen molar-refractivity contribution in [1.29, 1.82) is 0 Å². The monoisotopic (exact) mass is 510 g/mol. The second kappa shape index (κ2) is 10.0. The molecule has 33 heavy (non-hydrogen) atoms. The van der Waals surface area contributed by atoms with Crippen LogP contribution in [0.2, 0.25) is 15.1 Å². The molecular weight excluding hydrogens is 483 g/mol. The Morgan fingerprint density at radius 3 is 2.55 bits per heavy atom. The number of hydrogen-bond acceptors (Lipinski definition) is 4. The molecule has 0 radical (unpaired) electrons. The van der Waals surface area contributed by atoms with Crippen LogP contribution in [0.25, 0.3) is 0 Å². The average Bonchev–Trinajstić information content (AvgIpc) is 3.09. The zero-order chi connectivity index (χ0) is 23.8. The summed E-state index contributed by atoms with van der Waals surface area (Å²) in [5.41, 5.74) is 1.24. The highest BCUT2D eigenvalue weighted by atomic mass is 35.5. The first kappa shape index (κ1) is 24.6. The Kier molecular flexibility index (Phi) is 7.47. The maximum absolute atomic E-state index is 12.7. The number of halogens is 3. The molecule has 178 valence electrons. The van der Waals surface area contributed by atoms with E-state index in [9.17, 15) is 9.90 Å². The van der Waals surface area contributed by atoms with E-state index in [0.29, 0.717) is 41.1 Å². The van der Waals surface area contributed by atoms with Crippen molar-refractivity contribution in [3.8, 4) is 0 Å². The predicted octanol–water partition coefficient (Wildman–Crippen LogP) is 5.97. The fraction of sp³-hybridized carbons (Fsp3) is 0.480. The molecule has 5 atom stereocenters. The fourth-order valence-corrected chi connectivity index (χ4v) is 6.10. The van der Waals surface area contributed by atoms with Gasteiger partial charge in [-0.05, 0) is 66.0 Å². The lowest BCUT2D eigenvalue weighted by Crippen LogP contribution is -2.62. The summed E-state index contributed by atoms with van der Waals surface area (Å²) in [6, 6.07) is 13.4. The van der Waals surface area contributed by atoms with Gasteiger partial charge in [0.05, 0.1) is 12.1 Å². The number of fused-ring (bicyclic) bond motifs is 1. The van der Waals surface area contributed by atoms with E-state index in [-0.39, 0.29) is 23.7 Å². The number of carbonyl (C=O) groups is 1. The lowest BCUT2D eigenvalue weighted by Gasteiger charge is -2.49. The van der Waals surface area contributed by atoms with E-state index in [4.69, 9.17) is 39.5 Å². The van der Waals surface area contributed by atoms with Crippen LogP contribution in [0.1, 0.15) is 49.7 Å². The molecule has 4 rings (SSSR count). The predicted molar refractivity (Wildman–Crippen MR) is 132 cm³/mol. The van der Waals surface area contributed by atoms with Crippen molar-refractivity contribution in [2.45, 2.75) is 50.3 Å². The number of amides is 1. The summed E-state index contributed by atoms with van der Waals surface area (Å²) in [5, 5.41) is 19.1. The van der Waals surface area contributed by atoms with Crippen molar-refractivity contribution < 1.29 is 14.6 Å². The van der Waals surface area contributed by atoms with E-state index in [1.165, 1.54) is 0 Å². The highest BCUT2D eigenvalue weighted by molar-refractivity contribution is 6.35. The van der Waals surface area contributed by atoms with Crippen molar-refractivity contribution in [3.63, 3.8) is 0 Å². The number of rotatable bonds is 5. The Balaban J connectivity index is 1.73. The maximum Gasteiger partial charge on any atom is 0.407 e. The molecule has 2 aromatic rings. The maximum atomic E-state index is 12.7. The van der Waals surface area contributed by atoms with Gasteiger partial charge in [0.25, 0.3) is 0 Å². The Morgan fingerprint density at radius 1 is 1.18 bits per heavy atom. The number of benzene rings is 2. The van der Waals surface area contributed by atoms with Gasteiger partial charge in [-0.25, -0.2) is 4.79 Å². The number of hydrogen-bond donors (Lipinski definition) is 3. The number of ether oxygens (including phenoxy) is 1. The molecule has 3 N–H and O–H groups in total. The van der Waals surface area contributed by atoms with Crippen molar-refractivity contribution >= 4 is 40.9 Å². The van der Waals surface area contributed by atoms with Crippen molar-refractivity contribution in [2.24, 2.45) is 11.8 Å². The normalized spacial score (nSPS) is 29.1. The molecule has 1 saturated heterocycles. The van der Waals surface area contributed by atoms with Gasteiger partial charge in [0, 0.05) is 27.5 Å². The van der Waals surface area contributed by atoms with Gasteiger partial charge in [-0.3, -0.25) is 5.32 Å². The van der Waals surface area contributed by atoms with Crippen LogP contribution in [0, 0.1) is 11.8 Å². The molecule has 1 aliphatic heterocycles. The molecule has 0 bridgehead atoms. The van der Waals surface area contributed by atoms with Crippen LogP contribution in [0.5, 0.6) is 0 Å². The Morgan fingerprint density at radius 2 is 1.88 bits per heavy atom. The summed E-state index contributed by atoms with van der Waals surface area (Å²) >= 11 is 19.0. The van der Waals surface area contributed by atoms with Gasteiger partial charge in [-0.15, -0.1) is 0 Å². The lowest BCUT2D eigenvalue weighted by atomic mass is 9.59. The molecule has 2 aliphatic rings. The van der Waals surface area contributed by atoms with Crippen LogP contribution in [0.3, 0.4) is 0 Å². The number of carbonyl (C=O) groups excluding carboxylic acids is 1. The highest BCUT2D eigenvalue weighted by Crippen LogP contribution is 2.55. The quantitative estimate of drug-likeness (QED) is 0.463. The second-order valence-electron chi connectivity index (χ2n) is 9.46. The van der Waals surface area contributed by atoms with E-state index in [1.807, 2.05) is 50.2 Å². The van der Waals surface area contributed by atoms with E-state index in [1.54, 1.807) is 6.07 Å². The third-order valence-corrected chi connectivity index (χ3v) is 7.73. The largest absolute Gasteiger partial charge is 0.449 e. The number of aliphatic hydroxyl groups is 1. The zero-order valence-corrected chi connectivity index (χ0v) is 20.9. The van der Waals surface area contributed by atoms with Crippen LogP contribution >= 0.6 is 34.8 Å². The molecule has 1 unspecified atom stereocenters.